The molecule has 104 valence electrons. The summed E-state index contributed by atoms with van der Waals surface area (Å²) < 4.78 is 37.6. The van der Waals surface area contributed by atoms with E-state index in [0.717, 1.165) is 0 Å². The van der Waals surface area contributed by atoms with Gasteiger partial charge in [-0.1, -0.05) is 5.21 Å². The van der Waals surface area contributed by atoms with Crippen LogP contribution in [0.3, 0.4) is 0 Å². The molecular weight excluding hydrogens is 271 g/mol. The molecule has 0 saturated heterocycles. The van der Waals surface area contributed by atoms with Crippen LogP contribution in [0.15, 0.2) is 6.20 Å². The Hall–Kier alpha value is -0.890. The molecule has 0 aliphatic rings. The molecule has 0 unspecified atom stereocenters. The summed E-state index contributed by atoms with van der Waals surface area (Å²) in [5.41, 5.74) is -3.61. The van der Waals surface area contributed by atoms with Crippen LogP contribution < -0.4 is 0 Å². The van der Waals surface area contributed by atoms with E-state index in [4.69, 9.17) is 14.9 Å². The first-order valence-corrected chi connectivity index (χ1v) is 6.81. The van der Waals surface area contributed by atoms with Crippen LogP contribution in [0.2, 0.25) is 0 Å². The number of aliphatic hydroxyl groups is 1. The highest BCUT2D eigenvalue weighted by molar-refractivity contribution is 7.53. The van der Waals surface area contributed by atoms with Crippen molar-refractivity contribution in [2.24, 2.45) is 0 Å². The molecule has 1 aromatic heterocycles. The zero-order valence-corrected chi connectivity index (χ0v) is 10.3. The Morgan fingerprint density at radius 1 is 1.39 bits per heavy atom. The van der Waals surface area contributed by atoms with Gasteiger partial charge < -0.3 is 14.9 Å². The summed E-state index contributed by atoms with van der Waals surface area (Å²) >= 11 is 0. The Morgan fingerprint density at radius 2 is 2.06 bits per heavy atom. The van der Waals surface area contributed by atoms with Crippen molar-refractivity contribution < 1.29 is 28.2 Å². The number of nitrogens with zero attached hydrogens (tertiary/aromatic N) is 3. The summed E-state index contributed by atoms with van der Waals surface area (Å²) in [6, 6.07) is 0. The van der Waals surface area contributed by atoms with Gasteiger partial charge in [0.05, 0.1) is 12.8 Å². The third kappa shape index (κ3) is 4.09. The predicted molar refractivity (Wildman–Crippen MR) is 56.8 cm³/mol. The zero-order chi connectivity index (χ0) is 13.8. The fourth-order valence-electron chi connectivity index (χ4n) is 1.28. The van der Waals surface area contributed by atoms with Gasteiger partial charge in [0.15, 0.2) is 0 Å². The number of aliphatic hydroxyl groups excluding tert-OH is 1. The number of aromatic nitrogens is 3. The van der Waals surface area contributed by atoms with Crippen LogP contribution in [0.5, 0.6) is 0 Å². The molecule has 0 aliphatic carbocycles. The van der Waals surface area contributed by atoms with Crippen molar-refractivity contribution in [3.05, 3.63) is 11.9 Å². The molecule has 0 saturated carbocycles. The highest BCUT2D eigenvalue weighted by Crippen LogP contribution is 2.55. The van der Waals surface area contributed by atoms with Gasteiger partial charge in [0.1, 0.15) is 5.69 Å². The third-order valence-electron chi connectivity index (χ3n) is 2.29. The van der Waals surface area contributed by atoms with Gasteiger partial charge in [-0.2, -0.15) is 8.78 Å². The molecule has 1 heterocycles. The molecule has 0 amide bonds. The van der Waals surface area contributed by atoms with Crippen LogP contribution in [0.25, 0.3) is 0 Å². The Morgan fingerprint density at radius 3 is 2.56 bits per heavy atom. The van der Waals surface area contributed by atoms with E-state index in [1.165, 1.54) is 10.9 Å². The molecular formula is C8H14F2N3O4P. The highest BCUT2D eigenvalue weighted by atomic mass is 31.2. The van der Waals surface area contributed by atoms with E-state index in [1.54, 1.807) is 0 Å². The van der Waals surface area contributed by atoms with Crippen LogP contribution in [0.4, 0.5) is 8.78 Å². The quantitative estimate of drug-likeness (QED) is 0.503. The number of aryl methyl sites for hydroxylation is 1. The smallest absolute Gasteiger partial charge is 0.390 e. The maximum Gasteiger partial charge on any atom is 0.394 e. The molecule has 10 heteroatoms. The molecule has 18 heavy (non-hydrogen) atoms. The van der Waals surface area contributed by atoms with E-state index in [1.807, 2.05) is 0 Å². The molecule has 0 atom stereocenters. The number of unbranched alkanes of at least 4 members (excludes halogenated alkanes) is 1. The predicted octanol–water partition coefficient (Wildman–Crippen LogP) is 0.711. The minimum absolute atomic E-state index is 0.0492. The van der Waals surface area contributed by atoms with E-state index in [0.29, 0.717) is 12.2 Å². The average molecular weight is 285 g/mol. The van der Waals surface area contributed by atoms with Gasteiger partial charge in [0, 0.05) is 13.0 Å². The Balaban J connectivity index is 2.33. The van der Waals surface area contributed by atoms with Crippen molar-refractivity contribution >= 4 is 7.60 Å². The van der Waals surface area contributed by atoms with Gasteiger partial charge in [-0.05, 0) is 12.8 Å². The lowest BCUT2D eigenvalue weighted by molar-refractivity contribution is 0.0474. The molecule has 3 N–H and O–H groups in total. The normalized spacial score (nSPS) is 12.9. The second-order valence-corrected chi connectivity index (χ2v) is 5.54. The number of rotatable bonds is 7. The standard InChI is InChI=1S/C8H14F2N3O4P/c9-8(10,18(15,16)17)3-1-2-4-13-5-7(6-14)11-12-13/h5,14H,1-4,6H2,(H2,15,16,17). The van der Waals surface area contributed by atoms with Crippen LogP contribution in [0, 0.1) is 0 Å². The van der Waals surface area contributed by atoms with E-state index in [9.17, 15) is 13.3 Å². The average Bonchev–Trinajstić information content (AvgIpc) is 2.70. The van der Waals surface area contributed by atoms with Crippen molar-refractivity contribution in [3.63, 3.8) is 0 Å². The van der Waals surface area contributed by atoms with Gasteiger partial charge in [0.25, 0.3) is 0 Å². The Labute approximate surface area is 102 Å². The summed E-state index contributed by atoms with van der Waals surface area (Å²) in [6.07, 6.45) is 0.830. The number of halogens is 2. The van der Waals surface area contributed by atoms with E-state index in [-0.39, 0.29) is 19.4 Å². The summed E-state index contributed by atoms with van der Waals surface area (Å²) in [7, 11) is -5.38. The van der Waals surface area contributed by atoms with Gasteiger partial charge in [-0.25, -0.2) is 0 Å². The molecule has 7 nitrogen and oxygen atoms in total. The fraction of sp³-hybridized carbons (Fsp3) is 0.750. The molecule has 0 aliphatic heterocycles. The zero-order valence-electron chi connectivity index (χ0n) is 9.41. The van der Waals surface area contributed by atoms with Crippen molar-refractivity contribution in [2.45, 2.75) is 38.1 Å². The lowest BCUT2D eigenvalue weighted by Gasteiger charge is -2.16. The first kappa shape index (κ1) is 15.2. The molecule has 0 fully saturated rings. The van der Waals surface area contributed by atoms with Crippen LogP contribution >= 0.6 is 7.60 Å². The molecule has 1 rings (SSSR count). The van der Waals surface area contributed by atoms with Crippen molar-refractivity contribution in [1.29, 1.82) is 0 Å². The first-order valence-electron chi connectivity index (χ1n) is 5.19. The Bertz CT molecular complexity index is 434. The molecule has 0 bridgehead atoms. The van der Waals surface area contributed by atoms with Gasteiger partial charge in [0.2, 0.25) is 0 Å². The molecule has 0 spiro atoms. The summed E-state index contributed by atoms with van der Waals surface area (Å²) in [6.45, 7) is 0.0422. The van der Waals surface area contributed by atoms with E-state index in [2.05, 4.69) is 10.3 Å². The van der Waals surface area contributed by atoms with Crippen molar-refractivity contribution in [2.75, 3.05) is 0 Å². The van der Waals surface area contributed by atoms with Crippen LogP contribution in [-0.2, 0) is 17.7 Å². The lowest BCUT2D eigenvalue weighted by Crippen LogP contribution is -2.16. The maximum atomic E-state index is 12.9. The SMILES string of the molecule is O=P(O)(O)C(F)(F)CCCCn1cc(CO)nn1. The summed E-state index contributed by atoms with van der Waals surface area (Å²) in [5, 5.41) is 15.9. The monoisotopic (exact) mass is 285 g/mol. The third-order valence-corrected chi connectivity index (χ3v) is 3.36. The minimum atomic E-state index is -5.38. The topological polar surface area (TPSA) is 108 Å². The van der Waals surface area contributed by atoms with Gasteiger partial charge in [-0.3, -0.25) is 9.25 Å². The van der Waals surface area contributed by atoms with Crippen molar-refractivity contribution in [1.82, 2.24) is 15.0 Å². The number of hydrogen-bond acceptors (Lipinski definition) is 4. The minimum Gasteiger partial charge on any atom is -0.390 e. The Kier molecular flexibility index (Phi) is 4.92. The number of alkyl halides is 2. The second kappa shape index (κ2) is 5.83. The summed E-state index contributed by atoms with van der Waals surface area (Å²) in [5.74, 6) is 0. The van der Waals surface area contributed by atoms with Gasteiger partial charge in [-0.15, -0.1) is 5.10 Å². The van der Waals surface area contributed by atoms with E-state index < -0.39 is 19.7 Å². The van der Waals surface area contributed by atoms with Crippen molar-refractivity contribution in [3.8, 4) is 0 Å². The van der Waals surface area contributed by atoms with Gasteiger partial charge >= 0.3 is 13.3 Å². The lowest BCUT2D eigenvalue weighted by atomic mass is 10.2. The molecule has 0 radical (unpaired) electrons. The van der Waals surface area contributed by atoms with E-state index >= 15 is 0 Å². The fourth-order valence-corrected chi connectivity index (χ4v) is 1.73. The molecule has 0 aromatic carbocycles. The molecule has 1 aromatic rings. The van der Waals surface area contributed by atoms with Crippen LogP contribution in [0.1, 0.15) is 25.0 Å². The highest BCUT2D eigenvalue weighted by Gasteiger charge is 2.47. The number of hydrogen-bond donors (Lipinski definition) is 3. The second-order valence-electron chi connectivity index (χ2n) is 3.80. The first-order chi connectivity index (χ1) is 8.26. The van der Waals surface area contributed by atoms with Crippen LogP contribution in [-0.4, -0.2) is 35.6 Å². The maximum absolute atomic E-state index is 12.9. The summed E-state index contributed by atoms with van der Waals surface area (Å²) in [4.78, 5) is 16.8. The largest absolute Gasteiger partial charge is 0.394 e.